The fourth-order valence-corrected chi connectivity index (χ4v) is 3.77. The molecular weight excluding hydrogens is 386 g/mol. The first-order valence-corrected chi connectivity index (χ1v) is 9.45. The summed E-state index contributed by atoms with van der Waals surface area (Å²) in [4.78, 5) is 28.2. The highest BCUT2D eigenvalue weighted by atomic mass is 19.3. The molecule has 0 aliphatic carbocycles. The molecule has 0 saturated carbocycles. The van der Waals surface area contributed by atoms with Crippen LogP contribution in [-0.4, -0.2) is 57.7 Å². The van der Waals surface area contributed by atoms with Crippen LogP contribution in [0.1, 0.15) is 48.0 Å². The first kappa shape index (κ1) is 19.3. The van der Waals surface area contributed by atoms with Crippen molar-refractivity contribution in [2.24, 2.45) is 0 Å². The van der Waals surface area contributed by atoms with E-state index in [-0.39, 0.29) is 23.9 Å². The molecule has 10 heteroatoms. The van der Waals surface area contributed by atoms with Gasteiger partial charge in [-0.1, -0.05) is 6.07 Å². The third-order valence-corrected chi connectivity index (χ3v) is 5.25. The third kappa shape index (κ3) is 3.66. The smallest absolute Gasteiger partial charge is 0.409 e. The number of piperidine rings is 1. The summed E-state index contributed by atoms with van der Waals surface area (Å²) in [5, 5.41) is 6.96. The zero-order chi connectivity index (χ0) is 20.5. The average molecular weight is 406 g/mol. The van der Waals surface area contributed by atoms with E-state index in [1.54, 1.807) is 34.9 Å². The van der Waals surface area contributed by atoms with E-state index < -0.39 is 12.3 Å². The molecule has 0 radical (unpaired) electrons. The second kappa shape index (κ2) is 7.76. The molecule has 154 valence electrons. The predicted octanol–water partition coefficient (Wildman–Crippen LogP) is 3.25. The molecule has 2 aliphatic rings. The minimum atomic E-state index is -2.84. The summed E-state index contributed by atoms with van der Waals surface area (Å²) in [6.45, 7) is 3.65. The Balaban J connectivity index is 1.46. The van der Waals surface area contributed by atoms with Crippen molar-refractivity contribution in [3.05, 3.63) is 35.2 Å². The molecule has 0 unspecified atom stereocenters. The molecule has 29 heavy (non-hydrogen) atoms. The topological polar surface area (TPSA) is 88.8 Å². The Hall–Kier alpha value is -3.04. The van der Waals surface area contributed by atoms with Crippen LogP contribution in [0.15, 0.2) is 22.6 Å². The Morgan fingerprint density at radius 3 is 2.72 bits per heavy atom. The van der Waals surface area contributed by atoms with Gasteiger partial charge in [0.05, 0.1) is 6.61 Å². The first-order chi connectivity index (χ1) is 14.0. The summed E-state index contributed by atoms with van der Waals surface area (Å²) in [6.07, 6.45) is -1.82. The van der Waals surface area contributed by atoms with E-state index in [0.717, 1.165) is 5.56 Å². The van der Waals surface area contributed by atoms with Crippen LogP contribution in [0.5, 0.6) is 0 Å². The largest absolute Gasteiger partial charge is 0.450 e. The number of alkyl halides is 2. The second-order valence-electron chi connectivity index (χ2n) is 6.97. The Bertz CT molecular complexity index is 925. The summed E-state index contributed by atoms with van der Waals surface area (Å²) in [7, 11) is 0. The van der Waals surface area contributed by atoms with Crippen LogP contribution < -0.4 is 0 Å². The van der Waals surface area contributed by atoms with Gasteiger partial charge in [0.2, 0.25) is 5.89 Å². The number of fused-ring (bicyclic) bond motifs is 1. The zero-order valence-corrected chi connectivity index (χ0v) is 15.8. The molecule has 0 spiro atoms. The van der Waals surface area contributed by atoms with Gasteiger partial charge in [0, 0.05) is 36.8 Å². The maximum Gasteiger partial charge on any atom is 0.409 e. The lowest BCUT2D eigenvalue weighted by Crippen LogP contribution is -2.47. The number of carbonyl (C=O) groups is 2. The van der Waals surface area contributed by atoms with Gasteiger partial charge in [0.15, 0.2) is 0 Å². The molecule has 0 bridgehead atoms. The van der Waals surface area contributed by atoms with Gasteiger partial charge in [0.25, 0.3) is 11.8 Å². The number of hydrogen-bond acceptors (Lipinski definition) is 6. The van der Waals surface area contributed by atoms with Gasteiger partial charge in [-0.3, -0.25) is 4.79 Å². The van der Waals surface area contributed by atoms with Gasteiger partial charge in [0.1, 0.15) is 0 Å². The lowest BCUT2D eigenvalue weighted by Gasteiger charge is -2.36. The number of rotatable bonds is 4. The van der Waals surface area contributed by atoms with E-state index >= 15 is 0 Å². The van der Waals surface area contributed by atoms with Crippen LogP contribution in [0.25, 0.3) is 11.5 Å². The highest BCUT2D eigenvalue weighted by Gasteiger charge is 2.36. The molecule has 0 N–H and O–H groups in total. The van der Waals surface area contributed by atoms with Crippen LogP contribution in [0, 0.1) is 0 Å². The average Bonchev–Trinajstić information content (AvgIpc) is 3.34. The van der Waals surface area contributed by atoms with E-state index in [2.05, 4.69) is 10.2 Å². The van der Waals surface area contributed by atoms with Crippen molar-refractivity contribution in [1.82, 2.24) is 20.0 Å². The highest BCUT2D eigenvalue weighted by Crippen LogP contribution is 2.32. The van der Waals surface area contributed by atoms with Crippen molar-refractivity contribution in [2.45, 2.75) is 38.8 Å². The summed E-state index contributed by atoms with van der Waals surface area (Å²) < 4.78 is 35.3. The Morgan fingerprint density at radius 1 is 1.31 bits per heavy atom. The number of amides is 2. The van der Waals surface area contributed by atoms with E-state index in [4.69, 9.17) is 9.15 Å². The van der Waals surface area contributed by atoms with Crippen LogP contribution in [0.3, 0.4) is 0 Å². The van der Waals surface area contributed by atoms with Crippen LogP contribution in [0.2, 0.25) is 0 Å². The van der Waals surface area contributed by atoms with E-state index in [1.807, 2.05) is 0 Å². The first-order valence-electron chi connectivity index (χ1n) is 9.45. The van der Waals surface area contributed by atoms with E-state index in [0.29, 0.717) is 50.2 Å². The number of hydrogen-bond donors (Lipinski definition) is 0. The summed E-state index contributed by atoms with van der Waals surface area (Å²) in [6, 6.07) is 5.09. The molecule has 2 aliphatic heterocycles. The molecule has 2 aromatic rings. The minimum Gasteiger partial charge on any atom is -0.450 e. The number of halogens is 2. The summed E-state index contributed by atoms with van der Waals surface area (Å²) >= 11 is 0. The Morgan fingerprint density at radius 2 is 2.07 bits per heavy atom. The quantitative estimate of drug-likeness (QED) is 0.775. The standard InChI is InChI=1S/C19H20F2N4O4/c1-2-28-19(27)24-7-5-13(6-8-24)25-10-12-4-3-11(9-14(12)18(25)26)16-22-23-17(29-16)15(20)21/h3-4,9,13,15H,2,5-8,10H2,1H3. The van der Waals surface area contributed by atoms with Crippen molar-refractivity contribution in [3.8, 4) is 11.5 Å². The normalized spacial score (nSPS) is 17.2. The predicted molar refractivity (Wildman–Crippen MR) is 96.2 cm³/mol. The molecule has 1 aromatic carbocycles. The van der Waals surface area contributed by atoms with Gasteiger partial charge in [-0.2, -0.15) is 8.78 Å². The SMILES string of the molecule is CCOC(=O)N1CCC(N2Cc3ccc(-c4nnc(C(F)F)o4)cc3C2=O)CC1. The van der Waals surface area contributed by atoms with Crippen LogP contribution in [-0.2, 0) is 11.3 Å². The molecule has 8 nitrogen and oxygen atoms in total. The van der Waals surface area contributed by atoms with Gasteiger partial charge < -0.3 is 19.0 Å². The van der Waals surface area contributed by atoms with Gasteiger partial charge in [-0.05, 0) is 37.5 Å². The number of benzene rings is 1. The maximum atomic E-state index is 12.9. The van der Waals surface area contributed by atoms with Crippen molar-refractivity contribution in [3.63, 3.8) is 0 Å². The van der Waals surface area contributed by atoms with Crippen molar-refractivity contribution in [1.29, 1.82) is 0 Å². The lowest BCUT2D eigenvalue weighted by atomic mass is 10.0. The number of nitrogens with zero attached hydrogens (tertiary/aromatic N) is 4. The second-order valence-corrected chi connectivity index (χ2v) is 6.97. The van der Waals surface area contributed by atoms with E-state index in [1.165, 1.54) is 0 Å². The van der Waals surface area contributed by atoms with Gasteiger partial charge >= 0.3 is 12.5 Å². The van der Waals surface area contributed by atoms with Crippen LogP contribution in [0.4, 0.5) is 13.6 Å². The van der Waals surface area contributed by atoms with Crippen LogP contribution >= 0.6 is 0 Å². The Kier molecular flexibility index (Phi) is 5.16. The fraction of sp³-hybridized carbons (Fsp3) is 0.474. The van der Waals surface area contributed by atoms with Gasteiger partial charge in [-0.15, -0.1) is 10.2 Å². The molecule has 1 saturated heterocycles. The monoisotopic (exact) mass is 406 g/mol. The third-order valence-electron chi connectivity index (χ3n) is 5.25. The Labute approximate surface area is 165 Å². The summed E-state index contributed by atoms with van der Waals surface area (Å²) in [5.74, 6) is -0.913. The fourth-order valence-electron chi connectivity index (χ4n) is 3.77. The van der Waals surface area contributed by atoms with Crippen molar-refractivity contribution >= 4 is 12.0 Å². The molecule has 4 rings (SSSR count). The lowest BCUT2D eigenvalue weighted by molar-refractivity contribution is 0.0558. The zero-order valence-electron chi connectivity index (χ0n) is 15.8. The molecule has 2 amide bonds. The molecular formula is C19H20F2N4O4. The molecule has 0 atom stereocenters. The minimum absolute atomic E-state index is 0.0258. The number of carbonyl (C=O) groups excluding carboxylic acids is 2. The maximum absolute atomic E-state index is 12.9. The number of likely N-dealkylation sites (tertiary alicyclic amines) is 1. The summed E-state index contributed by atoms with van der Waals surface area (Å²) in [5.41, 5.74) is 1.79. The van der Waals surface area contributed by atoms with Crippen molar-refractivity contribution < 1.29 is 27.5 Å². The van der Waals surface area contributed by atoms with Crippen molar-refractivity contribution in [2.75, 3.05) is 19.7 Å². The highest BCUT2D eigenvalue weighted by molar-refractivity contribution is 5.99. The molecule has 3 heterocycles. The molecule has 1 fully saturated rings. The number of aromatic nitrogens is 2. The van der Waals surface area contributed by atoms with E-state index in [9.17, 15) is 18.4 Å². The molecule has 1 aromatic heterocycles. The van der Waals surface area contributed by atoms with Gasteiger partial charge in [-0.25, -0.2) is 4.79 Å². The number of ether oxygens (including phenoxy) is 1.